The van der Waals surface area contributed by atoms with Gasteiger partial charge in [-0.3, -0.25) is 4.79 Å². The molecule has 3 nitrogen and oxygen atoms in total. The summed E-state index contributed by atoms with van der Waals surface area (Å²) in [6.07, 6.45) is 0.979. The number of ether oxygens (including phenoxy) is 2. The number of carbonyl (C=O) groups is 1. The Morgan fingerprint density at radius 2 is 2.17 bits per heavy atom. The lowest BCUT2D eigenvalue weighted by Crippen LogP contribution is -2.04. The summed E-state index contributed by atoms with van der Waals surface area (Å²) >= 11 is 1.89. The summed E-state index contributed by atoms with van der Waals surface area (Å²) in [4.78, 5) is 11.5. The predicted octanol–water partition coefficient (Wildman–Crippen LogP) is 3.42. The lowest BCUT2D eigenvalue weighted by Gasteiger charge is -2.11. The van der Waals surface area contributed by atoms with Crippen molar-refractivity contribution in [3.63, 3.8) is 0 Å². The van der Waals surface area contributed by atoms with Crippen LogP contribution in [0.25, 0.3) is 0 Å². The first-order chi connectivity index (χ1) is 8.69. The highest BCUT2D eigenvalue weighted by Gasteiger charge is 2.09. The van der Waals surface area contributed by atoms with Gasteiger partial charge in [-0.25, -0.2) is 0 Å². The smallest absolute Gasteiger partial charge is 0.163 e. The molecular weight excluding hydrogens is 248 g/mol. The Kier molecular flexibility index (Phi) is 6.65. The molecule has 0 heterocycles. The zero-order valence-corrected chi connectivity index (χ0v) is 12.0. The Hall–Kier alpha value is -1.16. The molecule has 0 amide bonds. The van der Waals surface area contributed by atoms with E-state index in [1.807, 2.05) is 11.8 Å². The van der Waals surface area contributed by atoms with Crippen molar-refractivity contribution in [2.24, 2.45) is 0 Å². The fourth-order valence-corrected chi connectivity index (χ4v) is 2.14. The van der Waals surface area contributed by atoms with E-state index in [1.165, 1.54) is 0 Å². The average Bonchev–Trinajstić information content (AvgIpc) is 2.38. The Balaban J connectivity index is 2.63. The van der Waals surface area contributed by atoms with Gasteiger partial charge >= 0.3 is 0 Å². The molecular formula is C14H20O3S. The highest BCUT2D eigenvalue weighted by atomic mass is 32.2. The van der Waals surface area contributed by atoms with Gasteiger partial charge in [0.2, 0.25) is 0 Å². The summed E-state index contributed by atoms with van der Waals surface area (Å²) in [5.41, 5.74) is 0.610. The highest BCUT2D eigenvalue weighted by molar-refractivity contribution is 7.99. The first kappa shape index (κ1) is 14.9. The van der Waals surface area contributed by atoms with Crippen LogP contribution in [0.1, 0.15) is 30.6 Å². The van der Waals surface area contributed by atoms with Crippen LogP contribution in [0.2, 0.25) is 0 Å². The number of Topliss-reactive ketones (excluding diaryl/α,β-unsaturated/α-hetero) is 1. The van der Waals surface area contributed by atoms with E-state index >= 15 is 0 Å². The maximum atomic E-state index is 11.5. The van der Waals surface area contributed by atoms with Crippen LogP contribution >= 0.6 is 11.8 Å². The van der Waals surface area contributed by atoms with E-state index in [1.54, 1.807) is 32.2 Å². The summed E-state index contributed by atoms with van der Waals surface area (Å²) in [5.74, 6) is 3.53. The molecule has 0 bridgehead atoms. The molecule has 0 aliphatic rings. The van der Waals surface area contributed by atoms with Crippen molar-refractivity contribution in [3.05, 3.63) is 23.8 Å². The van der Waals surface area contributed by atoms with Crippen molar-refractivity contribution in [2.75, 3.05) is 25.2 Å². The molecule has 0 aliphatic heterocycles. The van der Waals surface area contributed by atoms with Crippen molar-refractivity contribution in [3.8, 4) is 11.5 Å². The van der Waals surface area contributed by atoms with Crippen LogP contribution in [-0.4, -0.2) is 31.0 Å². The van der Waals surface area contributed by atoms with Crippen LogP contribution in [0.3, 0.4) is 0 Å². The highest BCUT2D eigenvalue weighted by Crippen LogP contribution is 2.25. The third-order valence-corrected chi connectivity index (χ3v) is 3.45. The van der Waals surface area contributed by atoms with Gasteiger partial charge in [0, 0.05) is 6.07 Å². The van der Waals surface area contributed by atoms with Crippen LogP contribution in [-0.2, 0) is 0 Å². The molecule has 0 unspecified atom stereocenters. The quantitative estimate of drug-likeness (QED) is 0.534. The largest absolute Gasteiger partial charge is 0.497 e. The summed E-state index contributed by atoms with van der Waals surface area (Å²) in [5, 5.41) is 0. The van der Waals surface area contributed by atoms with Crippen LogP contribution < -0.4 is 9.47 Å². The van der Waals surface area contributed by atoms with Crippen molar-refractivity contribution in [1.82, 2.24) is 0 Å². The average molecular weight is 268 g/mol. The van der Waals surface area contributed by atoms with Crippen LogP contribution in [0, 0.1) is 0 Å². The Bertz CT molecular complexity index is 391. The Morgan fingerprint density at radius 1 is 1.39 bits per heavy atom. The van der Waals surface area contributed by atoms with E-state index in [9.17, 15) is 4.79 Å². The van der Waals surface area contributed by atoms with Crippen molar-refractivity contribution < 1.29 is 14.3 Å². The zero-order chi connectivity index (χ0) is 13.4. The summed E-state index contributed by atoms with van der Waals surface area (Å²) in [6, 6.07) is 5.29. The van der Waals surface area contributed by atoms with Gasteiger partial charge in [-0.05, 0) is 37.0 Å². The van der Waals surface area contributed by atoms with E-state index in [0.717, 1.165) is 17.9 Å². The molecule has 0 saturated carbocycles. The number of ketones is 1. The van der Waals surface area contributed by atoms with Gasteiger partial charge in [-0.1, -0.05) is 6.92 Å². The fourth-order valence-electron chi connectivity index (χ4n) is 1.53. The van der Waals surface area contributed by atoms with Gasteiger partial charge in [-0.15, -0.1) is 0 Å². The minimum absolute atomic E-state index is 0.00980. The summed E-state index contributed by atoms with van der Waals surface area (Å²) in [6.45, 7) is 4.31. The van der Waals surface area contributed by atoms with E-state index in [-0.39, 0.29) is 5.78 Å². The molecule has 0 aliphatic carbocycles. The molecule has 1 rings (SSSR count). The number of thioether (sulfide) groups is 1. The lowest BCUT2D eigenvalue weighted by molar-refractivity contribution is 0.101. The monoisotopic (exact) mass is 268 g/mol. The molecule has 0 spiro atoms. The molecule has 0 N–H and O–H groups in total. The molecule has 1 aromatic carbocycles. The first-order valence-corrected chi connectivity index (χ1v) is 7.24. The normalized spacial score (nSPS) is 10.2. The minimum atomic E-state index is 0.00980. The van der Waals surface area contributed by atoms with Gasteiger partial charge in [0.25, 0.3) is 0 Å². The Morgan fingerprint density at radius 3 is 2.78 bits per heavy atom. The first-order valence-electron chi connectivity index (χ1n) is 6.08. The second kappa shape index (κ2) is 8.03. The second-order valence-electron chi connectivity index (χ2n) is 3.82. The number of benzene rings is 1. The maximum Gasteiger partial charge on any atom is 0.163 e. The van der Waals surface area contributed by atoms with Gasteiger partial charge < -0.3 is 9.47 Å². The van der Waals surface area contributed by atoms with Crippen molar-refractivity contribution in [2.45, 2.75) is 20.3 Å². The third-order valence-electron chi connectivity index (χ3n) is 2.46. The van der Waals surface area contributed by atoms with E-state index in [2.05, 4.69) is 6.92 Å². The molecule has 100 valence electrons. The van der Waals surface area contributed by atoms with Crippen molar-refractivity contribution >= 4 is 17.5 Å². The molecule has 0 fully saturated rings. The van der Waals surface area contributed by atoms with Gasteiger partial charge in [0.1, 0.15) is 11.5 Å². The second-order valence-corrected chi connectivity index (χ2v) is 5.21. The summed E-state index contributed by atoms with van der Waals surface area (Å²) < 4.78 is 10.8. The standard InChI is InChI=1S/C14H20O3S/c1-4-18-9-5-8-17-14-10-12(16-3)6-7-13(14)11(2)15/h6-7,10H,4-5,8-9H2,1-3H3. The zero-order valence-electron chi connectivity index (χ0n) is 11.2. The number of carbonyl (C=O) groups excluding carboxylic acids is 1. The Labute approximate surface area is 113 Å². The molecule has 0 radical (unpaired) electrons. The molecule has 1 aromatic rings. The van der Waals surface area contributed by atoms with Gasteiger partial charge in [0.05, 0.1) is 19.3 Å². The predicted molar refractivity (Wildman–Crippen MR) is 76.1 cm³/mol. The van der Waals surface area contributed by atoms with Gasteiger partial charge in [-0.2, -0.15) is 11.8 Å². The topological polar surface area (TPSA) is 35.5 Å². The van der Waals surface area contributed by atoms with Crippen molar-refractivity contribution in [1.29, 1.82) is 0 Å². The number of hydrogen-bond acceptors (Lipinski definition) is 4. The fraction of sp³-hybridized carbons (Fsp3) is 0.500. The molecule has 18 heavy (non-hydrogen) atoms. The molecule has 4 heteroatoms. The number of methoxy groups -OCH3 is 1. The van der Waals surface area contributed by atoms with E-state index in [0.29, 0.717) is 23.7 Å². The third kappa shape index (κ3) is 4.61. The molecule has 0 saturated heterocycles. The summed E-state index contributed by atoms with van der Waals surface area (Å²) in [7, 11) is 1.60. The maximum absolute atomic E-state index is 11.5. The number of rotatable bonds is 8. The van der Waals surface area contributed by atoms with E-state index in [4.69, 9.17) is 9.47 Å². The SMILES string of the molecule is CCSCCCOc1cc(OC)ccc1C(C)=O. The van der Waals surface area contributed by atoms with Crippen LogP contribution in [0.4, 0.5) is 0 Å². The lowest BCUT2D eigenvalue weighted by atomic mass is 10.1. The van der Waals surface area contributed by atoms with E-state index < -0.39 is 0 Å². The van der Waals surface area contributed by atoms with Gasteiger partial charge in [0.15, 0.2) is 5.78 Å². The minimum Gasteiger partial charge on any atom is -0.497 e. The van der Waals surface area contributed by atoms with Crippen LogP contribution in [0.5, 0.6) is 11.5 Å². The number of hydrogen-bond donors (Lipinski definition) is 0. The molecule has 0 aromatic heterocycles. The van der Waals surface area contributed by atoms with Crippen LogP contribution in [0.15, 0.2) is 18.2 Å². The molecule has 0 atom stereocenters.